The number of morpholine rings is 1. The Labute approximate surface area is 203 Å². The summed E-state index contributed by atoms with van der Waals surface area (Å²) in [6, 6.07) is 8.61. The lowest BCUT2D eigenvalue weighted by Crippen LogP contribution is -2.40. The van der Waals surface area contributed by atoms with E-state index in [1.165, 1.54) is 41.7 Å². The minimum atomic E-state index is -3.85. The first kappa shape index (κ1) is 25.0. The molecule has 190 valence electrons. The molecule has 2 aliphatic heterocycles. The molecule has 4 rings (SSSR count). The third kappa shape index (κ3) is 5.45. The van der Waals surface area contributed by atoms with Gasteiger partial charge in [0.2, 0.25) is 32.7 Å². The highest BCUT2D eigenvalue weighted by Crippen LogP contribution is 2.36. The second-order valence-electron chi connectivity index (χ2n) is 7.73. The van der Waals surface area contributed by atoms with Crippen molar-refractivity contribution in [1.82, 2.24) is 4.31 Å². The molecule has 0 bridgehead atoms. The maximum Gasteiger partial charge on any atom is 0.245 e. The van der Waals surface area contributed by atoms with Gasteiger partial charge in [-0.05, 0) is 30.3 Å². The van der Waals surface area contributed by atoms with Crippen molar-refractivity contribution < 1.29 is 40.6 Å². The summed E-state index contributed by atoms with van der Waals surface area (Å²) in [7, 11) is -6.31. The van der Waals surface area contributed by atoms with E-state index in [0.717, 1.165) is 10.6 Å². The number of hydrogen-bond donors (Lipinski definition) is 1. The van der Waals surface area contributed by atoms with Crippen molar-refractivity contribution in [2.24, 2.45) is 0 Å². The Bertz CT molecular complexity index is 1320. The summed E-state index contributed by atoms with van der Waals surface area (Å²) in [6.45, 7) is 0.466. The molecule has 14 heteroatoms. The Morgan fingerprint density at radius 2 is 1.77 bits per heavy atom. The average molecular weight is 528 g/mol. The van der Waals surface area contributed by atoms with Gasteiger partial charge in [-0.1, -0.05) is 0 Å². The van der Waals surface area contributed by atoms with E-state index in [1.54, 1.807) is 6.07 Å². The summed E-state index contributed by atoms with van der Waals surface area (Å²) in [5, 5.41) is 2.57. The molecule has 0 saturated carbocycles. The van der Waals surface area contributed by atoms with Crippen LogP contribution in [0.3, 0.4) is 0 Å². The molecule has 0 radical (unpaired) electrons. The van der Waals surface area contributed by atoms with Crippen LogP contribution < -0.4 is 23.8 Å². The van der Waals surface area contributed by atoms with Crippen molar-refractivity contribution in [2.45, 2.75) is 4.90 Å². The van der Waals surface area contributed by atoms with Gasteiger partial charge in [0, 0.05) is 19.2 Å². The number of benzene rings is 2. The first-order chi connectivity index (χ1) is 16.6. The molecule has 0 atom stereocenters. The second kappa shape index (κ2) is 9.89. The fraction of sp³-hybridized carbons (Fsp3) is 0.381. The highest BCUT2D eigenvalue weighted by Gasteiger charge is 2.28. The van der Waals surface area contributed by atoms with Crippen molar-refractivity contribution in [3.63, 3.8) is 0 Å². The molecule has 0 unspecified atom stereocenters. The third-order valence-corrected chi connectivity index (χ3v) is 8.42. The molecule has 0 aromatic heterocycles. The highest BCUT2D eigenvalue weighted by atomic mass is 32.2. The monoisotopic (exact) mass is 527 g/mol. The fourth-order valence-electron chi connectivity index (χ4n) is 3.64. The van der Waals surface area contributed by atoms with Crippen LogP contribution in [0.4, 0.5) is 11.4 Å². The Hall–Kier alpha value is -3.07. The van der Waals surface area contributed by atoms with E-state index in [4.69, 9.17) is 18.9 Å². The summed E-state index contributed by atoms with van der Waals surface area (Å²) in [4.78, 5) is 12.9. The Kier molecular flexibility index (Phi) is 7.07. The molecule has 1 saturated heterocycles. The number of nitrogens with one attached hydrogen (secondary N) is 1. The smallest absolute Gasteiger partial charge is 0.245 e. The largest absolute Gasteiger partial charge is 0.495 e. The van der Waals surface area contributed by atoms with Gasteiger partial charge in [0.25, 0.3) is 0 Å². The summed E-state index contributed by atoms with van der Waals surface area (Å²) in [5.41, 5.74) is 0.300. The van der Waals surface area contributed by atoms with Gasteiger partial charge in [0.15, 0.2) is 11.5 Å². The van der Waals surface area contributed by atoms with Crippen LogP contribution in [0.2, 0.25) is 0 Å². The van der Waals surface area contributed by atoms with Gasteiger partial charge >= 0.3 is 0 Å². The van der Waals surface area contributed by atoms with Crippen LogP contribution in [-0.2, 0) is 29.6 Å². The number of fused-ring (bicyclic) bond motifs is 1. The lowest BCUT2D eigenvalue weighted by Gasteiger charge is -2.26. The SMILES string of the molecule is COc1ccc(S(=O)(=O)N2CCOCC2)cc1NC(=O)CN(c1ccc2c(c1)OCO2)S(C)(=O)=O. The topological polar surface area (TPSA) is 141 Å². The van der Waals surface area contributed by atoms with E-state index in [2.05, 4.69) is 5.32 Å². The molecule has 35 heavy (non-hydrogen) atoms. The molecule has 1 N–H and O–H groups in total. The number of ether oxygens (including phenoxy) is 4. The maximum absolute atomic E-state index is 13.0. The number of carbonyl (C=O) groups is 1. The molecule has 2 heterocycles. The van der Waals surface area contributed by atoms with Gasteiger partial charge < -0.3 is 24.3 Å². The summed E-state index contributed by atoms with van der Waals surface area (Å²) < 4.78 is 74.2. The molecule has 0 spiro atoms. The van der Waals surface area contributed by atoms with Crippen LogP contribution in [-0.4, -0.2) is 80.1 Å². The Morgan fingerprint density at radius 3 is 2.46 bits per heavy atom. The normalized spacial score (nSPS) is 16.1. The van der Waals surface area contributed by atoms with Crippen LogP contribution in [0.15, 0.2) is 41.3 Å². The summed E-state index contributed by atoms with van der Waals surface area (Å²) >= 11 is 0. The lowest BCUT2D eigenvalue weighted by atomic mass is 10.2. The Morgan fingerprint density at radius 1 is 1.06 bits per heavy atom. The number of methoxy groups -OCH3 is 1. The van der Waals surface area contributed by atoms with Gasteiger partial charge in [0.05, 0.1) is 42.8 Å². The van der Waals surface area contributed by atoms with E-state index in [-0.39, 0.29) is 41.9 Å². The Balaban J connectivity index is 1.57. The van der Waals surface area contributed by atoms with Crippen LogP contribution >= 0.6 is 0 Å². The summed E-state index contributed by atoms with van der Waals surface area (Å²) in [5.74, 6) is 0.342. The zero-order chi connectivity index (χ0) is 25.2. The number of sulfonamides is 2. The summed E-state index contributed by atoms with van der Waals surface area (Å²) in [6.07, 6.45) is 0.973. The molecule has 1 amide bonds. The van der Waals surface area contributed by atoms with Gasteiger partial charge in [0.1, 0.15) is 12.3 Å². The van der Waals surface area contributed by atoms with Crippen LogP contribution in [0.1, 0.15) is 0 Å². The zero-order valence-electron chi connectivity index (χ0n) is 19.1. The predicted octanol–water partition coefficient (Wildman–Crippen LogP) is 0.849. The minimum absolute atomic E-state index is 0.0155. The van der Waals surface area contributed by atoms with E-state index in [1.807, 2.05) is 0 Å². The number of hydrogen-bond acceptors (Lipinski definition) is 9. The molecule has 2 aromatic rings. The van der Waals surface area contributed by atoms with E-state index in [0.29, 0.717) is 24.7 Å². The zero-order valence-corrected chi connectivity index (χ0v) is 20.7. The number of carbonyl (C=O) groups excluding carboxylic acids is 1. The standard InChI is InChI=1S/C21H25N3O9S2/c1-30-18-6-4-16(35(28,29)23-7-9-31-10-8-23)12-17(18)22-21(25)13-24(34(2,26)27)15-3-5-19-20(11-15)33-14-32-19/h3-6,11-12H,7-10,13-14H2,1-2H3,(H,22,25). The quantitative estimate of drug-likeness (QED) is 0.529. The van der Waals surface area contributed by atoms with Gasteiger partial charge in [-0.15, -0.1) is 0 Å². The number of amides is 1. The first-order valence-corrected chi connectivity index (χ1v) is 13.8. The average Bonchev–Trinajstić information content (AvgIpc) is 3.30. The van der Waals surface area contributed by atoms with Crippen molar-refractivity contribution in [1.29, 1.82) is 0 Å². The van der Waals surface area contributed by atoms with Crippen LogP contribution in [0, 0.1) is 0 Å². The van der Waals surface area contributed by atoms with Crippen molar-refractivity contribution in [3.8, 4) is 17.2 Å². The third-order valence-electron chi connectivity index (χ3n) is 5.38. The maximum atomic E-state index is 13.0. The van der Waals surface area contributed by atoms with Crippen LogP contribution in [0.5, 0.6) is 17.2 Å². The molecular weight excluding hydrogens is 502 g/mol. The van der Waals surface area contributed by atoms with E-state index in [9.17, 15) is 21.6 Å². The first-order valence-electron chi connectivity index (χ1n) is 10.5. The van der Waals surface area contributed by atoms with Gasteiger partial charge in [-0.2, -0.15) is 4.31 Å². The van der Waals surface area contributed by atoms with Crippen molar-refractivity contribution in [2.75, 3.05) is 62.6 Å². The molecule has 1 fully saturated rings. The van der Waals surface area contributed by atoms with Crippen molar-refractivity contribution >= 4 is 37.3 Å². The number of nitrogens with zero attached hydrogens (tertiary/aromatic N) is 2. The molecular formula is C21H25N3O9S2. The number of rotatable bonds is 8. The van der Waals surface area contributed by atoms with Gasteiger partial charge in [-0.3, -0.25) is 9.10 Å². The van der Waals surface area contributed by atoms with E-state index < -0.39 is 32.5 Å². The fourth-order valence-corrected chi connectivity index (χ4v) is 5.92. The second-order valence-corrected chi connectivity index (χ2v) is 11.6. The highest BCUT2D eigenvalue weighted by molar-refractivity contribution is 7.92. The van der Waals surface area contributed by atoms with Gasteiger partial charge in [-0.25, -0.2) is 16.8 Å². The molecule has 0 aliphatic carbocycles. The predicted molar refractivity (Wildman–Crippen MR) is 126 cm³/mol. The van der Waals surface area contributed by atoms with E-state index >= 15 is 0 Å². The molecule has 12 nitrogen and oxygen atoms in total. The molecule has 2 aromatic carbocycles. The van der Waals surface area contributed by atoms with Crippen LogP contribution in [0.25, 0.3) is 0 Å². The van der Waals surface area contributed by atoms with Crippen molar-refractivity contribution in [3.05, 3.63) is 36.4 Å². The number of anilines is 2. The lowest BCUT2D eigenvalue weighted by molar-refractivity contribution is -0.114. The minimum Gasteiger partial charge on any atom is -0.495 e. The molecule has 2 aliphatic rings.